The Balaban J connectivity index is 1.67. The SMILES string of the molecule is CCOc1ccc(-n2c(SCC(=O)N(C)C3CC3)nnc2-c2ccccc2Cl)cc1. The van der Waals surface area contributed by atoms with Crippen LogP contribution in [-0.2, 0) is 4.79 Å². The lowest BCUT2D eigenvalue weighted by molar-refractivity contribution is -0.127. The Hall–Kier alpha value is -2.51. The molecule has 0 bridgehead atoms. The molecule has 0 saturated heterocycles. The molecule has 1 aromatic heterocycles. The van der Waals surface area contributed by atoms with Gasteiger partial charge in [0, 0.05) is 24.3 Å². The molecule has 30 heavy (non-hydrogen) atoms. The van der Waals surface area contributed by atoms with E-state index in [2.05, 4.69) is 10.2 Å². The zero-order chi connectivity index (χ0) is 21.1. The quantitative estimate of drug-likeness (QED) is 0.473. The first-order valence-corrected chi connectivity index (χ1v) is 11.3. The standard InChI is InChI=1S/C22H23ClN4O2S/c1-3-29-17-12-10-16(11-13-17)27-21(18-6-4-5-7-19(18)23)24-25-22(27)30-14-20(28)26(2)15-8-9-15/h4-7,10-13,15H,3,8-9,14H2,1-2H3. The molecule has 1 heterocycles. The van der Waals surface area contributed by atoms with Crippen molar-refractivity contribution in [3.05, 3.63) is 53.6 Å². The lowest BCUT2D eigenvalue weighted by Crippen LogP contribution is -2.30. The van der Waals surface area contributed by atoms with Crippen LogP contribution in [0.1, 0.15) is 19.8 Å². The van der Waals surface area contributed by atoms with Gasteiger partial charge in [-0.25, -0.2) is 0 Å². The zero-order valence-electron chi connectivity index (χ0n) is 16.9. The van der Waals surface area contributed by atoms with Crippen molar-refractivity contribution in [3.8, 4) is 22.8 Å². The van der Waals surface area contributed by atoms with Crippen LogP contribution >= 0.6 is 23.4 Å². The number of carbonyl (C=O) groups excluding carboxylic acids is 1. The van der Waals surface area contributed by atoms with Crippen molar-refractivity contribution < 1.29 is 9.53 Å². The Kier molecular flexibility index (Phi) is 6.29. The average Bonchev–Trinajstić information content (AvgIpc) is 3.53. The van der Waals surface area contributed by atoms with Gasteiger partial charge in [-0.3, -0.25) is 9.36 Å². The molecule has 0 aliphatic heterocycles. The maximum Gasteiger partial charge on any atom is 0.233 e. The molecule has 1 amide bonds. The summed E-state index contributed by atoms with van der Waals surface area (Å²) in [5.74, 6) is 1.84. The molecule has 2 aromatic carbocycles. The molecule has 0 unspecified atom stereocenters. The number of amides is 1. The summed E-state index contributed by atoms with van der Waals surface area (Å²) in [5, 5.41) is 10.0. The fourth-order valence-electron chi connectivity index (χ4n) is 3.16. The summed E-state index contributed by atoms with van der Waals surface area (Å²) in [7, 11) is 1.87. The third kappa shape index (κ3) is 4.47. The van der Waals surface area contributed by atoms with Crippen molar-refractivity contribution in [3.63, 3.8) is 0 Å². The second-order valence-corrected chi connectivity index (χ2v) is 8.42. The topological polar surface area (TPSA) is 60.2 Å². The van der Waals surface area contributed by atoms with Gasteiger partial charge in [0.2, 0.25) is 5.91 Å². The first-order chi connectivity index (χ1) is 14.6. The van der Waals surface area contributed by atoms with E-state index < -0.39 is 0 Å². The molecule has 1 aliphatic rings. The van der Waals surface area contributed by atoms with E-state index in [-0.39, 0.29) is 5.91 Å². The Labute approximate surface area is 185 Å². The van der Waals surface area contributed by atoms with Crippen molar-refractivity contribution >= 4 is 29.3 Å². The van der Waals surface area contributed by atoms with E-state index in [1.54, 1.807) is 0 Å². The van der Waals surface area contributed by atoms with E-state index in [9.17, 15) is 4.79 Å². The van der Waals surface area contributed by atoms with E-state index in [0.717, 1.165) is 29.8 Å². The summed E-state index contributed by atoms with van der Waals surface area (Å²) >= 11 is 7.82. The number of thioether (sulfide) groups is 1. The molecule has 6 nitrogen and oxygen atoms in total. The van der Waals surface area contributed by atoms with Crippen molar-refractivity contribution in [2.45, 2.75) is 31.0 Å². The Bertz CT molecular complexity index is 1030. The molecule has 156 valence electrons. The summed E-state index contributed by atoms with van der Waals surface area (Å²) in [6, 6.07) is 15.7. The van der Waals surface area contributed by atoms with Crippen molar-refractivity contribution in [2.75, 3.05) is 19.4 Å². The zero-order valence-corrected chi connectivity index (χ0v) is 18.5. The first kappa shape index (κ1) is 20.8. The highest BCUT2D eigenvalue weighted by Gasteiger charge is 2.29. The summed E-state index contributed by atoms with van der Waals surface area (Å²) in [6.45, 7) is 2.56. The summed E-state index contributed by atoms with van der Waals surface area (Å²) in [4.78, 5) is 14.3. The van der Waals surface area contributed by atoms with Gasteiger partial charge in [-0.05, 0) is 56.2 Å². The fourth-order valence-corrected chi connectivity index (χ4v) is 4.26. The average molecular weight is 443 g/mol. The van der Waals surface area contributed by atoms with Crippen LogP contribution in [0.3, 0.4) is 0 Å². The highest BCUT2D eigenvalue weighted by atomic mass is 35.5. The van der Waals surface area contributed by atoms with Gasteiger partial charge in [0.1, 0.15) is 5.75 Å². The second kappa shape index (κ2) is 9.10. The smallest absolute Gasteiger partial charge is 0.233 e. The number of rotatable bonds is 8. The Morgan fingerprint density at radius 1 is 1.20 bits per heavy atom. The minimum atomic E-state index is 0.100. The van der Waals surface area contributed by atoms with Crippen molar-refractivity contribution in [1.29, 1.82) is 0 Å². The van der Waals surface area contributed by atoms with Gasteiger partial charge in [-0.15, -0.1) is 10.2 Å². The van der Waals surface area contributed by atoms with Gasteiger partial charge in [0.25, 0.3) is 0 Å². The van der Waals surface area contributed by atoms with Gasteiger partial charge < -0.3 is 9.64 Å². The summed E-state index contributed by atoms with van der Waals surface area (Å²) < 4.78 is 7.50. The van der Waals surface area contributed by atoms with Gasteiger partial charge in [-0.2, -0.15) is 0 Å². The molecule has 8 heteroatoms. The van der Waals surface area contributed by atoms with Gasteiger partial charge in [0.05, 0.1) is 17.4 Å². The van der Waals surface area contributed by atoms with Crippen LogP contribution in [-0.4, -0.2) is 51.0 Å². The van der Waals surface area contributed by atoms with Crippen LogP contribution in [0.4, 0.5) is 0 Å². The van der Waals surface area contributed by atoms with Crippen molar-refractivity contribution in [1.82, 2.24) is 19.7 Å². The number of nitrogens with zero attached hydrogens (tertiary/aromatic N) is 4. The third-order valence-electron chi connectivity index (χ3n) is 4.97. The van der Waals surface area contributed by atoms with E-state index in [0.29, 0.717) is 34.4 Å². The predicted octanol–water partition coefficient (Wildman–Crippen LogP) is 4.70. The third-order valence-corrected chi connectivity index (χ3v) is 6.21. The van der Waals surface area contributed by atoms with Crippen LogP contribution < -0.4 is 4.74 Å². The minimum absolute atomic E-state index is 0.100. The molecule has 1 saturated carbocycles. The van der Waals surface area contributed by atoms with E-state index in [1.807, 2.05) is 72.0 Å². The maximum atomic E-state index is 12.5. The summed E-state index contributed by atoms with van der Waals surface area (Å²) in [5.41, 5.74) is 1.66. The molecule has 1 aliphatic carbocycles. The summed E-state index contributed by atoms with van der Waals surface area (Å²) in [6.07, 6.45) is 2.18. The predicted molar refractivity (Wildman–Crippen MR) is 119 cm³/mol. The van der Waals surface area contributed by atoms with Crippen molar-refractivity contribution in [2.24, 2.45) is 0 Å². The molecule has 0 atom stereocenters. The lowest BCUT2D eigenvalue weighted by atomic mass is 10.2. The highest BCUT2D eigenvalue weighted by Crippen LogP contribution is 2.33. The van der Waals surface area contributed by atoms with Gasteiger partial charge in [-0.1, -0.05) is 35.5 Å². The second-order valence-electron chi connectivity index (χ2n) is 7.07. The van der Waals surface area contributed by atoms with E-state index in [1.165, 1.54) is 11.8 Å². The fraction of sp³-hybridized carbons (Fsp3) is 0.318. The number of benzene rings is 2. The number of carbonyl (C=O) groups is 1. The van der Waals surface area contributed by atoms with Gasteiger partial charge >= 0.3 is 0 Å². The molecule has 0 N–H and O–H groups in total. The molecule has 0 spiro atoms. The van der Waals surface area contributed by atoms with Crippen LogP contribution in [0.5, 0.6) is 5.75 Å². The Morgan fingerprint density at radius 2 is 1.93 bits per heavy atom. The first-order valence-electron chi connectivity index (χ1n) is 9.90. The molecular formula is C22H23ClN4O2S. The number of aromatic nitrogens is 3. The maximum absolute atomic E-state index is 12.5. The Morgan fingerprint density at radius 3 is 2.60 bits per heavy atom. The van der Waals surface area contributed by atoms with Gasteiger partial charge in [0.15, 0.2) is 11.0 Å². The van der Waals surface area contributed by atoms with Crippen LogP contribution in [0.2, 0.25) is 5.02 Å². The van der Waals surface area contributed by atoms with Crippen LogP contribution in [0.15, 0.2) is 53.7 Å². The normalized spacial score (nSPS) is 13.3. The highest BCUT2D eigenvalue weighted by molar-refractivity contribution is 7.99. The molecular weight excluding hydrogens is 420 g/mol. The molecule has 0 radical (unpaired) electrons. The molecule has 4 rings (SSSR count). The molecule has 1 fully saturated rings. The lowest BCUT2D eigenvalue weighted by Gasteiger charge is -2.16. The number of hydrogen-bond donors (Lipinski definition) is 0. The number of ether oxygens (including phenoxy) is 1. The minimum Gasteiger partial charge on any atom is -0.494 e. The monoisotopic (exact) mass is 442 g/mol. The van der Waals surface area contributed by atoms with E-state index in [4.69, 9.17) is 16.3 Å². The largest absolute Gasteiger partial charge is 0.494 e. The van der Waals surface area contributed by atoms with Crippen LogP contribution in [0, 0.1) is 0 Å². The number of hydrogen-bond acceptors (Lipinski definition) is 5. The van der Waals surface area contributed by atoms with Crippen LogP contribution in [0.25, 0.3) is 17.1 Å². The molecule has 3 aromatic rings. The number of halogens is 1. The van der Waals surface area contributed by atoms with E-state index >= 15 is 0 Å².